The molecule has 20 heavy (non-hydrogen) atoms. The highest BCUT2D eigenvalue weighted by atomic mass is 32.2. The fraction of sp³-hybridized carbons (Fsp3) is 0.500. The second kappa shape index (κ2) is 7.04. The minimum Gasteiger partial charge on any atom is -0.208 e. The molecule has 0 aromatic heterocycles. The van der Waals surface area contributed by atoms with E-state index < -0.39 is 10.0 Å². The molecule has 2 rings (SSSR count). The fourth-order valence-corrected chi connectivity index (χ4v) is 3.80. The molecule has 1 aliphatic rings. The van der Waals surface area contributed by atoms with E-state index in [0.29, 0.717) is 0 Å². The third-order valence-corrected chi connectivity index (χ3v) is 5.55. The SMILES string of the molecule is CN(C1CCCCCC1)S(=O)(=O)/C=C/c1ccccc1. The summed E-state index contributed by atoms with van der Waals surface area (Å²) in [6.45, 7) is 0. The lowest BCUT2D eigenvalue weighted by Crippen LogP contribution is -2.35. The number of hydrogen-bond donors (Lipinski definition) is 0. The van der Waals surface area contributed by atoms with Crippen LogP contribution >= 0.6 is 0 Å². The molecule has 0 N–H and O–H groups in total. The van der Waals surface area contributed by atoms with Crippen molar-refractivity contribution in [1.82, 2.24) is 4.31 Å². The third-order valence-electron chi connectivity index (χ3n) is 3.97. The van der Waals surface area contributed by atoms with Gasteiger partial charge in [0, 0.05) is 18.5 Å². The maximum absolute atomic E-state index is 12.4. The van der Waals surface area contributed by atoms with E-state index in [1.165, 1.54) is 18.2 Å². The molecule has 0 atom stereocenters. The zero-order chi connectivity index (χ0) is 14.4. The average Bonchev–Trinajstić information content (AvgIpc) is 2.74. The summed E-state index contributed by atoms with van der Waals surface area (Å²) < 4.78 is 26.3. The van der Waals surface area contributed by atoms with E-state index in [4.69, 9.17) is 0 Å². The molecule has 0 aliphatic heterocycles. The van der Waals surface area contributed by atoms with E-state index >= 15 is 0 Å². The van der Waals surface area contributed by atoms with Crippen molar-refractivity contribution in [3.8, 4) is 0 Å². The van der Waals surface area contributed by atoms with Crippen LogP contribution in [0, 0.1) is 0 Å². The zero-order valence-corrected chi connectivity index (χ0v) is 12.8. The van der Waals surface area contributed by atoms with Gasteiger partial charge < -0.3 is 0 Å². The van der Waals surface area contributed by atoms with E-state index in [1.54, 1.807) is 17.4 Å². The lowest BCUT2D eigenvalue weighted by molar-refractivity contribution is 0.339. The van der Waals surface area contributed by atoms with Crippen molar-refractivity contribution in [3.05, 3.63) is 41.3 Å². The molecule has 1 aromatic carbocycles. The van der Waals surface area contributed by atoms with Crippen LogP contribution in [0.2, 0.25) is 0 Å². The molecule has 0 saturated heterocycles. The standard InChI is InChI=1S/C16H23NO2S/c1-17(16-11-7-2-3-8-12-16)20(18,19)14-13-15-9-5-4-6-10-15/h4-6,9-10,13-14,16H,2-3,7-8,11-12H2,1H3/b14-13+. The number of hydrogen-bond acceptors (Lipinski definition) is 2. The maximum atomic E-state index is 12.4. The van der Waals surface area contributed by atoms with Crippen molar-refractivity contribution in [2.24, 2.45) is 0 Å². The van der Waals surface area contributed by atoms with E-state index in [-0.39, 0.29) is 6.04 Å². The van der Waals surface area contributed by atoms with Crippen LogP contribution in [0.5, 0.6) is 0 Å². The minimum absolute atomic E-state index is 0.155. The lowest BCUT2D eigenvalue weighted by Gasteiger charge is -2.24. The summed E-state index contributed by atoms with van der Waals surface area (Å²) in [4.78, 5) is 0. The van der Waals surface area contributed by atoms with Gasteiger partial charge in [-0.3, -0.25) is 0 Å². The molecule has 0 heterocycles. The number of rotatable bonds is 4. The first kappa shape index (κ1) is 15.3. The van der Waals surface area contributed by atoms with Crippen molar-refractivity contribution < 1.29 is 8.42 Å². The maximum Gasteiger partial charge on any atom is 0.236 e. The van der Waals surface area contributed by atoms with Crippen molar-refractivity contribution in [3.63, 3.8) is 0 Å². The summed E-state index contributed by atoms with van der Waals surface area (Å²) in [6.07, 6.45) is 8.35. The number of nitrogens with zero attached hydrogens (tertiary/aromatic N) is 1. The molecule has 1 aliphatic carbocycles. The summed E-state index contributed by atoms with van der Waals surface area (Å²) in [7, 11) is -1.61. The Labute approximate surface area is 122 Å². The quantitative estimate of drug-likeness (QED) is 0.795. The van der Waals surface area contributed by atoms with Crippen LogP contribution in [0.3, 0.4) is 0 Å². The van der Waals surface area contributed by atoms with Crippen LogP contribution in [0.25, 0.3) is 6.08 Å². The first-order valence-electron chi connectivity index (χ1n) is 7.31. The van der Waals surface area contributed by atoms with Crippen LogP contribution in [0.15, 0.2) is 35.7 Å². The van der Waals surface area contributed by atoms with Gasteiger partial charge in [-0.2, -0.15) is 4.31 Å². The molecule has 4 heteroatoms. The summed E-state index contributed by atoms with van der Waals surface area (Å²) in [6, 6.07) is 9.68. The van der Waals surface area contributed by atoms with Crippen molar-refractivity contribution in [2.75, 3.05) is 7.05 Å². The van der Waals surface area contributed by atoms with Crippen molar-refractivity contribution >= 4 is 16.1 Å². The second-order valence-electron chi connectivity index (χ2n) is 5.42. The normalized spacial score (nSPS) is 18.5. The van der Waals surface area contributed by atoms with Crippen LogP contribution < -0.4 is 0 Å². The largest absolute Gasteiger partial charge is 0.236 e. The fourth-order valence-electron chi connectivity index (χ4n) is 2.65. The van der Waals surface area contributed by atoms with Crippen LogP contribution in [-0.4, -0.2) is 25.8 Å². The van der Waals surface area contributed by atoms with Gasteiger partial charge in [0.25, 0.3) is 0 Å². The highest BCUT2D eigenvalue weighted by Gasteiger charge is 2.24. The Morgan fingerprint density at radius 3 is 2.25 bits per heavy atom. The molecule has 0 bridgehead atoms. The van der Waals surface area contributed by atoms with Crippen LogP contribution in [0.4, 0.5) is 0 Å². The lowest BCUT2D eigenvalue weighted by atomic mass is 10.1. The van der Waals surface area contributed by atoms with E-state index in [9.17, 15) is 8.42 Å². The smallest absolute Gasteiger partial charge is 0.208 e. The Morgan fingerprint density at radius 1 is 1.05 bits per heavy atom. The van der Waals surface area contributed by atoms with Gasteiger partial charge in [-0.05, 0) is 24.5 Å². The van der Waals surface area contributed by atoms with E-state index in [0.717, 1.165) is 31.2 Å². The Hall–Kier alpha value is -1.13. The molecule has 110 valence electrons. The first-order valence-corrected chi connectivity index (χ1v) is 8.81. The molecule has 0 amide bonds. The van der Waals surface area contributed by atoms with Crippen LogP contribution in [0.1, 0.15) is 44.1 Å². The zero-order valence-electron chi connectivity index (χ0n) is 12.0. The molecule has 3 nitrogen and oxygen atoms in total. The second-order valence-corrected chi connectivity index (χ2v) is 7.30. The Kier molecular flexibility index (Phi) is 5.38. The predicted octanol–water partition coefficient (Wildman–Crippen LogP) is 3.64. The van der Waals surface area contributed by atoms with Gasteiger partial charge >= 0.3 is 0 Å². The number of benzene rings is 1. The highest BCUT2D eigenvalue weighted by Crippen LogP contribution is 2.23. The molecule has 1 aromatic rings. The molecule has 0 spiro atoms. The Morgan fingerprint density at radius 2 is 1.65 bits per heavy atom. The molecule has 1 saturated carbocycles. The van der Waals surface area contributed by atoms with Gasteiger partial charge in [-0.15, -0.1) is 0 Å². The summed E-state index contributed by atoms with van der Waals surface area (Å²) in [5, 5.41) is 1.33. The molecule has 0 unspecified atom stereocenters. The van der Waals surface area contributed by atoms with Crippen molar-refractivity contribution in [1.29, 1.82) is 0 Å². The topological polar surface area (TPSA) is 37.4 Å². The Balaban J connectivity index is 2.07. The van der Waals surface area contributed by atoms with E-state index in [1.807, 2.05) is 30.3 Å². The molecular weight excluding hydrogens is 270 g/mol. The van der Waals surface area contributed by atoms with Gasteiger partial charge in [0.2, 0.25) is 10.0 Å². The first-order chi connectivity index (χ1) is 9.59. The molecule has 0 radical (unpaired) electrons. The predicted molar refractivity (Wildman–Crippen MR) is 83.6 cm³/mol. The monoisotopic (exact) mass is 293 g/mol. The number of sulfonamides is 1. The third kappa shape index (κ3) is 4.18. The van der Waals surface area contributed by atoms with Gasteiger partial charge in [0.1, 0.15) is 0 Å². The average molecular weight is 293 g/mol. The summed E-state index contributed by atoms with van der Waals surface area (Å²) in [5.74, 6) is 0. The molecule has 1 fully saturated rings. The van der Waals surface area contributed by atoms with Gasteiger partial charge in [0.05, 0.1) is 0 Å². The van der Waals surface area contributed by atoms with Gasteiger partial charge in [-0.1, -0.05) is 56.0 Å². The highest BCUT2D eigenvalue weighted by molar-refractivity contribution is 7.92. The summed E-state index contributed by atoms with van der Waals surface area (Å²) in [5.41, 5.74) is 0.908. The Bertz CT molecular complexity index is 529. The minimum atomic E-state index is -3.32. The van der Waals surface area contributed by atoms with E-state index in [2.05, 4.69) is 0 Å². The molecular formula is C16H23NO2S. The van der Waals surface area contributed by atoms with Crippen LogP contribution in [-0.2, 0) is 10.0 Å². The summed E-state index contributed by atoms with van der Waals surface area (Å²) >= 11 is 0. The van der Waals surface area contributed by atoms with Crippen molar-refractivity contribution in [2.45, 2.75) is 44.6 Å². The van der Waals surface area contributed by atoms with Gasteiger partial charge in [0.15, 0.2) is 0 Å². The van der Waals surface area contributed by atoms with Gasteiger partial charge in [-0.25, -0.2) is 8.42 Å².